The van der Waals surface area contributed by atoms with Gasteiger partial charge in [0, 0.05) is 15.6 Å². The maximum absolute atomic E-state index is 11.2. The molecular weight excluding hydrogens is 336 g/mol. The van der Waals surface area contributed by atoms with Gasteiger partial charge in [-0.15, -0.1) is 0 Å². The number of aromatic carboxylic acids is 1. The van der Waals surface area contributed by atoms with E-state index in [-0.39, 0.29) is 11.3 Å². The molecule has 0 atom stereocenters. The Balaban J connectivity index is 2.06. The summed E-state index contributed by atoms with van der Waals surface area (Å²) in [6.07, 6.45) is 0. The minimum Gasteiger partial charge on any atom is -0.489 e. The lowest BCUT2D eigenvalue weighted by Gasteiger charge is -2.09. The normalized spacial score (nSPS) is 10.2. The van der Waals surface area contributed by atoms with E-state index in [1.165, 1.54) is 13.0 Å². The van der Waals surface area contributed by atoms with Crippen LogP contribution in [0.25, 0.3) is 0 Å². The molecule has 0 aromatic heterocycles. The Morgan fingerprint density at radius 3 is 2.24 bits per heavy atom. The first-order valence-electron chi connectivity index (χ1n) is 6.23. The van der Waals surface area contributed by atoms with Gasteiger partial charge >= 0.3 is 5.97 Å². The van der Waals surface area contributed by atoms with Crippen LogP contribution in [-0.4, -0.2) is 16.9 Å². The van der Waals surface area contributed by atoms with Gasteiger partial charge in [-0.25, -0.2) is 4.79 Å². The Morgan fingerprint density at radius 2 is 1.71 bits per heavy atom. The van der Waals surface area contributed by atoms with E-state index >= 15 is 0 Å². The highest BCUT2D eigenvalue weighted by molar-refractivity contribution is 9.10. The molecule has 5 heteroatoms. The summed E-state index contributed by atoms with van der Waals surface area (Å²) in [7, 11) is 0. The number of rotatable bonds is 5. The van der Waals surface area contributed by atoms with E-state index in [0.29, 0.717) is 22.4 Å². The van der Waals surface area contributed by atoms with E-state index in [1.54, 1.807) is 36.4 Å². The predicted octanol–water partition coefficient (Wildman–Crippen LogP) is 3.93. The number of benzene rings is 2. The van der Waals surface area contributed by atoms with Crippen LogP contribution in [0, 0.1) is 0 Å². The Kier molecular flexibility index (Phi) is 4.75. The number of hydrogen-bond donors (Lipinski definition) is 1. The maximum Gasteiger partial charge on any atom is 0.335 e. The van der Waals surface area contributed by atoms with Crippen molar-refractivity contribution in [2.45, 2.75) is 13.5 Å². The van der Waals surface area contributed by atoms with Crippen molar-refractivity contribution >= 4 is 27.7 Å². The molecule has 2 rings (SSSR count). The number of carbonyl (C=O) groups is 2. The summed E-state index contributed by atoms with van der Waals surface area (Å²) in [6, 6.07) is 11.7. The number of halogens is 1. The SMILES string of the molecule is CC(=O)c1ccc(OCc2ccc(C(=O)O)cc2Br)cc1. The van der Waals surface area contributed by atoms with E-state index < -0.39 is 5.97 Å². The van der Waals surface area contributed by atoms with Gasteiger partial charge in [-0.3, -0.25) is 4.79 Å². The second kappa shape index (κ2) is 6.54. The van der Waals surface area contributed by atoms with Crippen LogP contribution in [0.1, 0.15) is 33.2 Å². The Bertz CT molecular complexity index is 677. The topological polar surface area (TPSA) is 63.6 Å². The van der Waals surface area contributed by atoms with Gasteiger partial charge in [0.25, 0.3) is 0 Å². The molecule has 0 amide bonds. The monoisotopic (exact) mass is 348 g/mol. The van der Waals surface area contributed by atoms with Crippen LogP contribution >= 0.6 is 15.9 Å². The third kappa shape index (κ3) is 3.92. The summed E-state index contributed by atoms with van der Waals surface area (Å²) < 4.78 is 6.30. The number of carboxylic acid groups (broad SMARTS) is 1. The minimum atomic E-state index is -0.969. The minimum absolute atomic E-state index is 0.00792. The Hall–Kier alpha value is -2.14. The van der Waals surface area contributed by atoms with Crippen LogP contribution in [0.3, 0.4) is 0 Å². The zero-order valence-corrected chi connectivity index (χ0v) is 12.9. The average molecular weight is 349 g/mol. The molecule has 0 bridgehead atoms. The fraction of sp³-hybridized carbons (Fsp3) is 0.125. The summed E-state index contributed by atoms with van der Waals surface area (Å²) in [4.78, 5) is 22.0. The molecule has 0 radical (unpaired) electrons. The van der Waals surface area contributed by atoms with Gasteiger partial charge in [-0.2, -0.15) is 0 Å². The third-order valence-corrected chi connectivity index (χ3v) is 3.69. The first-order chi connectivity index (χ1) is 9.97. The first-order valence-corrected chi connectivity index (χ1v) is 7.02. The molecule has 0 aliphatic rings. The molecule has 2 aromatic carbocycles. The molecule has 0 spiro atoms. The van der Waals surface area contributed by atoms with Gasteiger partial charge < -0.3 is 9.84 Å². The van der Waals surface area contributed by atoms with Crippen LogP contribution in [0.5, 0.6) is 5.75 Å². The van der Waals surface area contributed by atoms with Gasteiger partial charge in [0.15, 0.2) is 5.78 Å². The highest BCUT2D eigenvalue weighted by Crippen LogP contribution is 2.21. The largest absolute Gasteiger partial charge is 0.489 e. The second-order valence-electron chi connectivity index (χ2n) is 4.48. The Labute approximate surface area is 130 Å². The fourth-order valence-corrected chi connectivity index (χ4v) is 2.24. The second-order valence-corrected chi connectivity index (χ2v) is 5.33. The lowest BCUT2D eigenvalue weighted by atomic mass is 10.1. The van der Waals surface area contributed by atoms with Crippen molar-refractivity contribution in [1.29, 1.82) is 0 Å². The van der Waals surface area contributed by atoms with Gasteiger partial charge in [-0.05, 0) is 43.3 Å². The van der Waals surface area contributed by atoms with Crippen LogP contribution in [0.15, 0.2) is 46.9 Å². The predicted molar refractivity (Wildman–Crippen MR) is 81.9 cm³/mol. The highest BCUT2D eigenvalue weighted by atomic mass is 79.9. The average Bonchev–Trinajstić information content (AvgIpc) is 2.46. The maximum atomic E-state index is 11.2. The molecule has 1 N–H and O–H groups in total. The van der Waals surface area contributed by atoms with Gasteiger partial charge in [0.1, 0.15) is 12.4 Å². The molecule has 0 saturated carbocycles. The summed E-state index contributed by atoms with van der Waals surface area (Å²) >= 11 is 3.33. The number of carboxylic acids is 1. The van der Waals surface area contributed by atoms with E-state index in [2.05, 4.69) is 15.9 Å². The molecule has 0 saturated heterocycles. The zero-order valence-electron chi connectivity index (χ0n) is 11.3. The molecule has 2 aromatic rings. The van der Waals surface area contributed by atoms with E-state index in [4.69, 9.17) is 9.84 Å². The fourth-order valence-electron chi connectivity index (χ4n) is 1.74. The lowest BCUT2D eigenvalue weighted by molar-refractivity contribution is 0.0696. The summed E-state index contributed by atoms with van der Waals surface area (Å²) in [5, 5.41) is 8.90. The summed E-state index contributed by atoms with van der Waals surface area (Å²) in [5.74, 6) is -0.314. The van der Waals surface area contributed by atoms with Crippen molar-refractivity contribution in [1.82, 2.24) is 0 Å². The van der Waals surface area contributed by atoms with Crippen molar-refractivity contribution in [2.24, 2.45) is 0 Å². The van der Waals surface area contributed by atoms with Gasteiger partial charge in [-0.1, -0.05) is 22.0 Å². The molecule has 0 unspecified atom stereocenters. The van der Waals surface area contributed by atoms with E-state index in [1.807, 2.05) is 0 Å². The molecule has 21 heavy (non-hydrogen) atoms. The third-order valence-electron chi connectivity index (χ3n) is 2.96. The van der Waals surface area contributed by atoms with Crippen molar-refractivity contribution in [3.63, 3.8) is 0 Å². The molecule has 4 nitrogen and oxygen atoms in total. The van der Waals surface area contributed by atoms with E-state index in [9.17, 15) is 9.59 Å². The molecular formula is C16H13BrO4. The standard InChI is InChI=1S/C16H13BrO4/c1-10(18)11-4-6-14(7-5-11)21-9-13-3-2-12(16(19)20)8-15(13)17/h2-8H,9H2,1H3,(H,19,20). The molecule has 0 aliphatic carbocycles. The molecule has 0 heterocycles. The number of hydrogen-bond acceptors (Lipinski definition) is 3. The lowest BCUT2D eigenvalue weighted by Crippen LogP contribution is -2.00. The molecule has 0 fully saturated rings. The van der Waals surface area contributed by atoms with Crippen LogP contribution < -0.4 is 4.74 Å². The van der Waals surface area contributed by atoms with Gasteiger partial charge in [0.05, 0.1) is 5.56 Å². The number of Topliss-reactive ketones (excluding diaryl/α,β-unsaturated/α-hetero) is 1. The first kappa shape index (κ1) is 15.3. The van der Waals surface area contributed by atoms with Crippen LogP contribution in [0.4, 0.5) is 0 Å². The van der Waals surface area contributed by atoms with E-state index in [0.717, 1.165) is 5.56 Å². The van der Waals surface area contributed by atoms with Crippen molar-refractivity contribution < 1.29 is 19.4 Å². The van der Waals surface area contributed by atoms with Crippen molar-refractivity contribution in [3.05, 3.63) is 63.6 Å². The van der Waals surface area contributed by atoms with Crippen molar-refractivity contribution in [2.75, 3.05) is 0 Å². The van der Waals surface area contributed by atoms with Crippen LogP contribution in [-0.2, 0) is 6.61 Å². The summed E-state index contributed by atoms with van der Waals surface area (Å²) in [6.45, 7) is 1.82. The smallest absolute Gasteiger partial charge is 0.335 e. The number of carbonyl (C=O) groups excluding carboxylic acids is 1. The van der Waals surface area contributed by atoms with Crippen LogP contribution in [0.2, 0.25) is 0 Å². The summed E-state index contributed by atoms with van der Waals surface area (Å²) in [5.41, 5.74) is 1.70. The molecule has 108 valence electrons. The number of ketones is 1. The molecule has 0 aliphatic heterocycles. The number of ether oxygens (including phenoxy) is 1. The quantitative estimate of drug-likeness (QED) is 0.831. The van der Waals surface area contributed by atoms with Crippen molar-refractivity contribution in [3.8, 4) is 5.75 Å². The zero-order chi connectivity index (χ0) is 15.4. The Morgan fingerprint density at radius 1 is 1.10 bits per heavy atom. The highest BCUT2D eigenvalue weighted by Gasteiger charge is 2.07. The van der Waals surface area contributed by atoms with Gasteiger partial charge in [0.2, 0.25) is 0 Å².